The van der Waals surface area contributed by atoms with E-state index >= 15 is 0 Å². The lowest BCUT2D eigenvalue weighted by atomic mass is 10.1. The van der Waals surface area contributed by atoms with Crippen LogP contribution >= 0.6 is 0 Å². The highest BCUT2D eigenvalue weighted by Crippen LogP contribution is 2.14. The summed E-state index contributed by atoms with van der Waals surface area (Å²) in [5.74, 6) is -0.300. The number of carbonyl (C=O) groups is 1. The summed E-state index contributed by atoms with van der Waals surface area (Å²) in [5.41, 5.74) is 0.156. The maximum Gasteiger partial charge on any atom is 0.243 e. The van der Waals surface area contributed by atoms with Crippen LogP contribution in [0.5, 0.6) is 0 Å². The van der Waals surface area contributed by atoms with Gasteiger partial charge in [0.25, 0.3) is 0 Å². The molecule has 1 aromatic rings. The number of sulfonamides is 1. The molecule has 1 aromatic carbocycles. The summed E-state index contributed by atoms with van der Waals surface area (Å²) in [4.78, 5) is 11.3. The van der Waals surface area contributed by atoms with Crippen molar-refractivity contribution >= 4 is 15.9 Å². The number of rotatable bonds is 5. The van der Waals surface area contributed by atoms with Crippen LogP contribution in [0.2, 0.25) is 0 Å². The highest BCUT2D eigenvalue weighted by atomic mass is 32.2. The zero-order chi connectivity index (χ0) is 15.4. The molecule has 0 heterocycles. The van der Waals surface area contributed by atoms with Gasteiger partial charge >= 0.3 is 0 Å². The molecule has 0 aliphatic heterocycles. The molecular formula is C14H20N2O3S. The average Bonchev–Trinajstić information content (AvgIpc) is 2.33. The van der Waals surface area contributed by atoms with E-state index in [1.165, 1.54) is 18.2 Å². The average molecular weight is 296 g/mol. The molecule has 0 fully saturated rings. The molecular weight excluding hydrogens is 276 g/mol. The summed E-state index contributed by atoms with van der Waals surface area (Å²) in [5, 5.41) is 2.60. The second-order valence-electron chi connectivity index (χ2n) is 5.42. The van der Waals surface area contributed by atoms with E-state index in [1.54, 1.807) is 32.9 Å². The number of carbonyl (C=O) groups excluding carboxylic acids is 1. The molecule has 2 N–H and O–H groups in total. The summed E-state index contributed by atoms with van der Waals surface area (Å²) < 4.78 is 26.9. The summed E-state index contributed by atoms with van der Waals surface area (Å²) in [7, 11) is -3.57. The van der Waals surface area contributed by atoms with Crippen molar-refractivity contribution in [2.75, 3.05) is 0 Å². The van der Waals surface area contributed by atoms with E-state index < -0.39 is 15.6 Å². The first kappa shape index (κ1) is 16.4. The normalized spacial score (nSPS) is 11.9. The van der Waals surface area contributed by atoms with Gasteiger partial charge in [-0.2, -0.15) is 0 Å². The summed E-state index contributed by atoms with van der Waals surface area (Å²) in [6.07, 6.45) is 1.17. The second kappa shape index (κ2) is 6.19. The number of amides is 1. The molecule has 1 amide bonds. The van der Waals surface area contributed by atoms with Crippen LogP contribution in [-0.4, -0.2) is 19.9 Å². The Hall–Kier alpha value is -1.66. The number of nitrogens with one attached hydrogen (secondary N) is 2. The molecule has 0 atom stereocenters. The fourth-order valence-corrected chi connectivity index (χ4v) is 3.03. The maximum atomic E-state index is 12.2. The predicted molar refractivity (Wildman–Crippen MR) is 78.6 cm³/mol. The van der Waals surface area contributed by atoms with Crippen LogP contribution in [0.25, 0.3) is 0 Å². The van der Waals surface area contributed by atoms with Gasteiger partial charge in [-0.3, -0.25) is 4.79 Å². The molecule has 0 saturated carbocycles. The van der Waals surface area contributed by atoms with E-state index in [0.29, 0.717) is 5.56 Å². The highest BCUT2D eigenvalue weighted by molar-refractivity contribution is 7.89. The van der Waals surface area contributed by atoms with Crippen molar-refractivity contribution in [1.29, 1.82) is 0 Å². The smallest absolute Gasteiger partial charge is 0.243 e. The molecule has 0 aliphatic rings. The molecule has 0 saturated heterocycles. The Balaban J connectivity index is 2.92. The molecule has 110 valence electrons. The molecule has 1 rings (SSSR count). The van der Waals surface area contributed by atoms with Crippen LogP contribution in [0.4, 0.5) is 0 Å². The molecule has 0 spiro atoms. The maximum absolute atomic E-state index is 12.2. The van der Waals surface area contributed by atoms with Gasteiger partial charge in [-0.05, 0) is 44.5 Å². The Morgan fingerprint density at radius 2 is 2.00 bits per heavy atom. The minimum atomic E-state index is -3.57. The first-order chi connectivity index (χ1) is 9.14. The van der Waals surface area contributed by atoms with Gasteiger partial charge in [0.05, 0.1) is 4.90 Å². The lowest BCUT2D eigenvalue weighted by Gasteiger charge is -2.20. The fraction of sp³-hybridized carbons (Fsp3) is 0.357. The van der Waals surface area contributed by atoms with Crippen molar-refractivity contribution in [3.8, 4) is 0 Å². The van der Waals surface area contributed by atoms with Gasteiger partial charge in [-0.25, -0.2) is 13.1 Å². The summed E-state index contributed by atoms with van der Waals surface area (Å²) in [6.45, 7) is 8.94. The lowest BCUT2D eigenvalue weighted by Crippen LogP contribution is -2.40. The Morgan fingerprint density at radius 1 is 1.35 bits per heavy atom. The van der Waals surface area contributed by atoms with Gasteiger partial charge < -0.3 is 5.32 Å². The van der Waals surface area contributed by atoms with Crippen LogP contribution in [0.3, 0.4) is 0 Å². The Bertz CT molecular complexity index is 601. The van der Waals surface area contributed by atoms with Crippen molar-refractivity contribution in [3.05, 3.63) is 42.5 Å². The third kappa shape index (κ3) is 5.14. The van der Waals surface area contributed by atoms with E-state index in [1.807, 2.05) is 0 Å². The monoisotopic (exact) mass is 296 g/mol. The molecule has 0 unspecified atom stereocenters. The lowest BCUT2D eigenvalue weighted by molar-refractivity contribution is -0.116. The number of hydrogen-bond donors (Lipinski definition) is 2. The topological polar surface area (TPSA) is 75.3 Å². The number of benzene rings is 1. The largest absolute Gasteiger partial charge is 0.348 e. The van der Waals surface area contributed by atoms with Crippen molar-refractivity contribution in [2.24, 2.45) is 0 Å². The van der Waals surface area contributed by atoms with Crippen LogP contribution in [-0.2, 0) is 21.4 Å². The molecule has 0 bridgehead atoms. The summed E-state index contributed by atoms with van der Waals surface area (Å²) in [6, 6.07) is 6.45. The van der Waals surface area contributed by atoms with Crippen LogP contribution in [0.15, 0.2) is 41.8 Å². The van der Waals surface area contributed by atoms with Gasteiger partial charge in [0, 0.05) is 12.1 Å². The Kier molecular flexibility index (Phi) is 5.08. The molecule has 0 radical (unpaired) electrons. The van der Waals surface area contributed by atoms with E-state index in [0.717, 1.165) is 0 Å². The molecule has 0 aliphatic carbocycles. The fourth-order valence-electron chi connectivity index (χ4n) is 1.55. The molecule has 20 heavy (non-hydrogen) atoms. The van der Waals surface area contributed by atoms with E-state index in [2.05, 4.69) is 16.6 Å². The van der Waals surface area contributed by atoms with Crippen molar-refractivity contribution in [1.82, 2.24) is 10.0 Å². The molecule has 0 aromatic heterocycles. The van der Waals surface area contributed by atoms with Gasteiger partial charge in [0.15, 0.2) is 0 Å². The molecule has 6 heteroatoms. The molecule has 5 nitrogen and oxygen atoms in total. The minimum absolute atomic E-state index is 0.178. The highest BCUT2D eigenvalue weighted by Gasteiger charge is 2.21. The Morgan fingerprint density at radius 3 is 2.55 bits per heavy atom. The van der Waals surface area contributed by atoms with Crippen molar-refractivity contribution in [3.63, 3.8) is 0 Å². The van der Waals surface area contributed by atoms with Crippen LogP contribution in [0.1, 0.15) is 26.3 Å². The minimum Gasteiger partial charge on any atom is -0.348 e. The zero-order valence-corrected chi connectivity index (χ0v) is 12.8. The van der Waals surface area contributed by atoms with Gasteiger partial charge in [0.2, 0.25) is 15.9 Å². The van der Waals surface area contributed by atoms with E-state index in [4.69, 9.17) is 0 Å². The second-order valence-corrected chi connectivity index (χ2v) is 7.11. The van der Waals surface area contributed by atoms with Gasteiger partial charge in [0.1, 0.15) is 0 Å². The van der Waals surface area contributed by atoms with E-state index in [-0.39, 0.29) is 17.3 Å². The number of hydrogen-bond acceptors (Lipinski definition) is 3. The Labute approximate surface area is 120 Å². The first-order valence-corrected chi connectivity index (χ1v) is 7.65. The van der Waals surface area contributed by atoms with Crippen molar-refractivity contribution in [2.45, 2.75) is 37.8 Å². The van der Waals surface area contributed by atoms with Crippen molar-refractivity contribution < 1.29 is 13.2 Å². The van der Waals surface area contributed by atoms with Gasteiger partial charge in [-0.1, -0.05) is 18.7 Å². The quantitative estimate of drug-likeness (QED) is 0.810. The van der Waals surface area contributed by atoms with Crippen LogP contribution < -0.4 is 10.0 Å². The first-order valence-electron chi connectivity index (χ1n) is 6.17. The zero-order valence-electron chi connectivity index (χ0n) is 11.9. The third-order valence-corrected chi connectivity index (χ3v) is 4.06. The van der Waals surface area contributed by atoms with E-state index in [9.17, 15) is 13.2 Å². The predicted octanol–water partition coefficient (Wildman–Crippen LogP) is 1.57. The van der Waals surface area contributed by atoms with Crippen LogP contribution in [0, 0.1) is 0 Å². The summed E-state index contributed by atoms with van der Waals surface area (Å²) >= 11 is 0. The standard InChI is InChI=1S/C14H20N2O3S/c1-5-13(17)15-10-11-7-6-8-12(9-11)20(18,19)16-14(2,3)4/h5-9,16H,1,10H2,2-4H3,(H,15,17). The SMILES string of the molecule is C=CC(=O)NCc1cccc(S(=O)(=O)NC(C)(C)C)c1. The van der Waals surface area contributed by atoms with Gasteiger partial charge in [-0.15, -0.1) is 0 Å². The third-order valence-electron chi connectivity index (χ3n) is 2.30.